The third kappa shape index (κ3) is 3.80. The van der Waals surface area contributed by atoms with Crippen LogP contribution in [-0.4, -0.2) is 54.0 Å². The second-order valence-electron chi connectivity index (χ2n) is 7.32. The molecule has 1 aromatic heterocycles. The molecule has 1 N–H and O–H groups in total. The fourth-order valence-electron chi connectivity index (χ4n) is 3.87. The maximum Gasteiger partial charge on any atom is 0.290 e. The Bertz CT molecular complexity index is 1280. The minimum Gasteiger partial charge on any atom is -0.503 e. The van der Waals surface area contributed by atoms with Crippen molar-refractivity contribution in [1.29, 1.82) is 0 Å². The van der Waals surface area contributed by atoms with Crippen LogP contribution in [0, 0.1) is 10.1 Å². The number of nitrogens with zero attached hydrogens (tertiary/aromatic N) is 2. The van der Waals surface area contributed by atoms with Crippen LogP contribution in [0.3, 0.4) is 0 Å². The number of rotatable bonds is 8. The lowest BCUT2D eigenvalue weighted by Crippen LogP contribution is -2.34. The quantitative estimate of drug-likeness (QED) is 0.312. The third-order valence-corrected chi connectivity index (χ3v) is 5.46. The average molecular weight is 452 g/mol. The second kappa shape index (κ2) is 8.75. The molecule has 0 saturated carbocycles. The second-order valence-corrected chi connectivity index (χ2v) is 7.32. The summed E-state index contributed by atoms with van der Waals surface area (Å²) in [5, 5.41) is 22.3. The summed E-state index contributed by atoms with van der Waals surface area (Å²) in [6.45, 7) is 0.248. The number of amides is 1. The molecule has 0 saturated heterocycles. The van der Waals surface area contributed by atoms with Crippen molar-refractivity contribution < 1.29 is 33.5 Å². The topological polar surface area (TPSA) is 132 Å². The fraction of sp³-hybridized carbons (Fsp3) is 0.217. The molecule has 0 fully saturated rings. The van der Waals surface area contributed by atoms with Gasteiger partial charge in [-0.15, -0.1) is 0 Å². The van der Waals surface area contributed by atoms with Crippen molar-refractivity contribution in [2.45, 2.75) is 6.04 Å². The maximum atomic E-state index is 13.5. The van der Waals surface area contributed by atoms with E-state index in [1.165, 1.54) is 49.5 Å². The van der Waals surface area contributed by atoms with Gasteiger partial charge >= 0.3 is 0 Å². The molecule has 0 aliphatic carbocycles. The van der Waals surface area contributed by atoms with Gasteiger partial charge in [0.2, 0.25) is 5.78 Å². The average Bonchev–Trinajstić information content (AvgIpc) is 3.36. The van der Waals surface area contributed by atoms with E-state index in [1.54, 1.807) is 18.2 Å². The number of ketones is 1. The van der Waals surface area contributed by atoms with Crippen molar-refractivity contribution in [2.75, 3.05) is 27.4 Å². The molecule has 1 unspecified atom stereocenters. The summed E-state index contributed by atoms with van der Waals surface area (Å²) >= 11 is 0. The summed E-state index contributed by atoms with van der Waals surface area (Å²) < 4.78 is 16.1. The van der Waals surface area contributed by atoms with Crippen LogP contribution in [-0.2, 0) is 9.53 Å². The van der Waals surface area contributed by atoms with Crippen molar-refractivity contribution in [3.63, 3.8) is 0 Å². The van der Waals surface area contributed by atoms with Crippen LogP contribution in [0.4, 0.5) is 5.69 Å². The molecule has 10 heteroatoms. The van der Waals surface area contributed by atoms with Crippen molar-refractivity contribution in [2.24, 2.45) is 0 Å². The SMILES string of the molecule is COCCN1C(=O)C(O)=C(C(=O)c2cc3cccc(OC)c3o2)C1c1ccc([N+](=O)[O-])cc1. The first kappa shape index (κ1) is 22.0. The van der Waals surface area contributed by atoms with Crippen molar-refractivity contribution in [3.05, 3.63) is 81.3 Å². The minimum absolute atomic E-state index is 0.0793. The summed E-state index contributed by atoms with van der Waals surface area (Å²) in [5.41, 5.74) is 0.460. The Hall–Kier alpha value is -4.18. The lowest BCUT2D eigenvalue weighted by atomic mass is 9.95. The molecular formula is C23H20N2O8. The van der Waals surface area contributed by atoms with E-state index in [2.05, 4.69) is 0 Å². The number of para-hydroxylation sites is 1. The third-order valence-electron chi connectivity index (χ3n) is 5.46. The van der Waals surface area contributed by atoms with Crippen LogP contribution in [0.2, 0.25) is 0 Å². The van der Waals surface area contributed by atoms with Crippen molar-refractivity contribution >= 4 is 28.3 Å². The smallest absolute Gasteiger partial charge is 0.290 e. The highest BCUT2D eigenvalue weighted by molar-refractivity contribution is 6.16. The van der Waals surface area contributed by atoms with E-state index in [-0.39, 0.29) is 30.2 Å². The number of hydrogen-bond acceptors (Lipinski definition) is 8. The number of aliphatic hydroxyl groups excluding tert-OH is 1. The molecule has 10 nitrogen and oxygen atoms in total. The predicted octanol–water partition coefficient (Wildman–Crippen LogP) is 3.57. The Morgan fingerprint density at radius 2 is 1.94 bits per heavy atom. The van der Waals surface area contributed by atoms with Gasteiger partial charge in [0.15, 0.2) is 22.9 Å². The number of aliphatic hydroxyl groups is 1. The molecule has 1 amide bonds. The summed E-state index contributed by atoms with van der Waals surface area (Å²) in [7, 11) is 2.93. The molecule has 1 aliphatic rings. The van der Waals surface area contributed by atoms with Crippen LogP contribution in [0.15, 0.2) is 64.3 Å². The number of methoxy groups -OCH3 is 2. The Kier molecular flexibility index (Phi) is 5.84. The van der Waals surface area contributed by atoms with Gasteiger partial charge in [-0.05, 0) is 29.8 Å². The van der Waals surface area contributed by atoms with Gasteiger partial charge in [0, 0.05) is 31.2 Å². The highest BCUT2D eigenvalue weighted by Gasteiger charge is 2.44. The van der Waals surface area contributed by atoms with Crippen molar-refractivity contribution in [3.8, 4) is 5.75 Å². The highest BCUT2D eigenvalue weighted by Crippen LogP contribution is 2.40. The van der Waals surface area contributed by atoms with E-state index in [4.69, 9.17) is 13.9 Å². The summed E-state index contributed by atoms with van der Waals surface area (Å²) in [6, 6.07) is 11.1. The Balaban J connectivity index is 1.80. The molecule has 0 spiro atoms. The molecule has 2 aromatic carbocycles. The number of non-ortho nitro benzene ring substituents is 1. The van der Waals surface area contributed by atoms with E-state index in [9.17, 15) is 24.8 Å². The Labute approximate surface area is 187 Å². The number of hydrogen-bond donors (Lipinski definition) is 1. The molecule has 170 valence electrons. The van der Waals surface area contributed by atoms with Crippen LogP contribution in [0.5, 0.6) is 5.75 Å². The fourth-order valence-corrected chi connectivity index (χ4v) is 3.87. The summed E-state index contributed by atoms with van der Waals surface area (Å²) in [5.74, 6) is -1.77. The number of benzene rings is 2. The number of nitro benzene ring substituents is 1. The van der Waals surface area contributed by atoms with Gasteiger partial charge in [0.05, 0.1) is 30.3 Å². The molecule has 33 heavy (non-hydrogen) atoms. The van der Waals surface area contributed by atoms with Gasteiger partial charge in [-0.3, -0.25) is 19.7 Å². The standard InChI is InChI=1S/C23H20N2O8/c1-31-11-10-24-19(13-6-8-15(9-7-13)25(29)30)18(21(27)23(24)28)20(26)17-12-14-4-3-5-16(32-2)22(14)33-17/h3-9,12,19,27H,10-11H2,1-2H3. The number of Topliss-reactive ketones (excluding diaryl/α,β-unsaturated/α-hetero) is 1. The summed E-state index contributed by atoms with van der Waals surface area (Å²) in [4.78, 5) is 38.1. The number of furan rings is 1. The van der Waals surface area contributed by atoms with Gasteiger partial charge in [-0.1, -0.05) is 12.1 Å². The van der Waals surface area contributed by atoms with E-state index in [1.807, 2.05) is 0 Å². The van der Waals surface area contributed by atoms with Crippen LogP contribution < -0.4 is 4.74 Å². The monoisotopic (exact) mass is 452 g/mol. The first-order chi connectivity index (χ1) is 15.9. The largest absolute Gasteiger partial charge is 0.503 e. The molecule has 4 rings (SSSR count). The van der Waals surface area contributed by atoms with Crippen LogP contribution >= 0.6 is 0 Å². The zero-order chi connectivity index (χ0) is 23.7. The van der Waals surface area contributed by atoms with Crippen molar-refractivity contribution in [1.82, 2.24) is 4.90 Å². The van der Waals surface area contributed by atoms with Gasteiger partial charge in [-0.25, -0.2) is 0 Å². The Morgan fingerprint density at radius 1 is 1.21 bits per heavy atom. The molecule has 2 heterocycles. The van der Waals surface area contributed by atoms with Crippen LogP contribution in [0.1, 0.15) is 22.2 Å². The van der Waals surface area contributed by atoms with Gasteiger partial charge in [0.1, 0.15) is 0 Å². The first-order valence-corrected chi connectivity index (χ1v) is 9.96. The minimum atomic E-state index is -0.976. The normalized spacial score (nSPS) is 16.0. The molecular weight excluding hydrogens is 432 g/mol. The lowest BCUT2D eigenvalue weighted by Gasteiger charge is -2.26. The molecule has 3 aromatic rings. The predicted molar refractivity (Wildman–Crippen MR) is 116 cm³/mol. The van der Waals surface area contributed by atoms with E-state index in [0.717, 1.165) is 0 Å². The van der Waals surface area contributed by atoms with E-state index in [0.29, 0.717) is 22.3 Å². The molecule has 1 aliphatic heterocycles. The molecule has 0 bridgehead atoms. The number of carbonyl (C=O) groups excluding carboxylic acids is 2. The number of ether oxygens (including phenoxy) is 2. The van der Waals surface area contributed by atoms with Gasteiger partial charge in [0.25, 0.3) is 11.6 Å². The van der Waals surface area contributed by atoms with Crippen LogP contribution in [0.25, 0.3) is 11.0 Å². The first-order valence-electron chi connectivity index (χ1n) is 9.96. The maximum absolute atomic E-state index is 13.5. The number of nitro groups is 1. The van der Waals surface area contributed by atoms with Gasteiger partial charge < -0.3 is 23.9 Å². The summed E-state index contributed by atoms with van der Waals surface area (Å²) in [6.07, 6.45) is 0. The van der Waals surface area contributed by atoms with E-state index < -0.39 is 28.4 Å². The zero-order valence-corrected chi connectivity index (χ0v) is 17.8. The lowest BCUT2D eigenvalue weighted by molar-refractivity contribution is -0.384. The Morgan fingerprint density at radius 3 is 2.58 bits per heavy atom. The number of carbonyl (C=O) groups is 2. The van der Waals surface area contributed by atoms with E-state index >= 15 is 0 Å². The zero-order valence-electron chi connectivity index (χ0n) is 17.8. The highest BCUT2D eigenvalue weighted by atomic mass is 16.6. The molecule has 0 radical (unpaired) electrons. The molecule has 1 atom stereocenters. The van der Waals surface area contributed by atoms with Gasteiger partial charge in [-0.2, -0.15) is 0 Å². The number of fused-ring (bicyclic) bond motifs is 1.